The van der Waals surface area contributed by atoms with Crippen molar-refractivity contribution in [1.82, 2.24) is 14.7 Å². The Morgan fingerprint density at radius 1 is 1.26 bits per heavy atom. The first kappa shape index (κ1) is 15.7. The van der Waals surface area contributed by atoms with E-state index in [1.165, 1.54) is 0 Å². The average Bonchev–Trinajstić information content (AvgIpc) is 3.15. The van der Waals surface area contributed by atoms with E-state index in [-0.39, 0.29) is 18.6 Å². The molecule has 5 nitrogen and oxygen atoms in total. The lowest BCUT2D eigenvalue weighted by Crippen LogP contribution is -2.39. The van der Waals surface area contributed by atoms with Gasteiger partial charge in [0.25, 0.3) is 5.91 Å². The van der Waals surface area contributed by atoms with E-state index in [1.807, 2.05) is 48.5 Å². The van der Waals surface area contributed by atoms with E-state index < -0.39 is 0 Å². The molecule has 1 heterocycles. The molecule has 1 aromatic carbocycles. The lowest BCUT2D eigenvalue weighted by molar-refractivity contribution is 0.0653. The van der Waals surface area contributed by atoms with Crippen molar-refractivity contribution in [1.29, 1.82) is 0 Å². The fourth-order valence-corrected chi connectivity index (χ4v) is 3.26. The first-order valence-corrected chi connectivity index (χ1v) is 8.17. The molecule has 0 bridgehead atoms. The minimum Gasteiger partial charge on any atom is -0.396 e. The highest BCUT2D eigenvalue weighted by atomic mass is 16.3. The van der Waals surface area contributed by atoms with Crippen LogP contribution in [0.1, 0.15) is 36.0 Å². The molecule has 0 aliphatic heterocycles. The Morgan fingerprint density at radius 2 is 1.96 bits per heavy atom. The Bertz CT molecular complexity index is 629. The van der Waals surface area contributed by atoms with E-state index in [0.717, 1.165) is 31.4 Å². The lowest BCUT2D eigenvalue weighted by atomic mass is 9.86. The molecule has 1 N–H and O–H groups in total. The van der Waals surface area contributed by atoms with Gasteiger partial charge in [-0.2, -0.15) is 5.10 Å². The molecule has 122 valence electrons. The van der Waals surface area contributed by atoms with Crippen LogP contribution >= 0.6 is 0 Å². The number of carbonyl (C=O) groups is 1. The van der Waals surface area contributed by atoms with Crippen LogP contribution in [0.25, 0.3) is 5.69 Å². The van der Waals surface area contributed by atoms with Crippen molar-refractivity contribution in [2.75, 3.05) is 13.7 Å². The van der Waals surface area contributed by atoms with Crippen molar-refractivity contribution in [3.8, 4) is 5.69 Å². The molecule has 1 aromatic heterocycles. The van der Waals surface area contributed by atoms with Crippen LogP contribution in [0.5, 0.6) is 0 Å². The third-order valence-electron chi connectivity index (χ3n) is 4.83. The summed E-state index contributed by atoms with van der Waals surface area (Å²) in [5.74, 6) is 0.465. The summed E-state index contributed by atoms with van der Waals surface area (Å²) < 4.78 is 1.77. The highest BCUT2D eigenvalue weighted by Gasteiger charge is 2.26. The van der Waals surface area contributed by atoms with Gasteiger partial charge in [-0.25, -0.2) is 4.68 Å². The standard InChI is InChI=1S/C18H23N3O2/c1-20(16-7-3-14(13-22)4-8-16)18(23)15-5-9-17(10-6-15)21-12-2-11-19-21/h2,5-6,9-12,14,16,22H,3-4,7-8,13H2,1H3. The number of hydrogen-bond donors (Lipinski definition) is 1. The summed E-state index contributed by atoms with van der Waals surface area (Å²) in [6.45, 7) is 0.263. The van der Waals surface area contributed by atoms with Crippen LogP contribution in [0, 0.1) is 5.92 Å². The smallest absolute Gasteiger partial charge is 0.253 e. The summed E-state index contributed by atoms with van der Waals surface area (Å²) in [5, 5.41) is 13.4. The summed E-state index contributed by atoms with van der Waals surface area (Å²) in [4.78, 5) is 14.5. The number of benzene rings is 1. The van der Waals surface area contributed by atoms with Crippen LogP contribution in [0.3, 0.4) is 0 Å². The molecule has 1 aliphatic rings. The van der Waals surface area contributed by atoms with Crippen LogP contribution in [-0.4, -0.2) is 45.4 Å². The van der Waals surface area contributed by atoms with E-state index >= 15 is 0 Å². The second-order valence-corrected chi connectivity index (χ2v) is 6.27. The molecule has 1 aliphatic carbocycles. The lowest BCUT2D eigenvalue weighted by Gasteiger charge is -2.34. The first-order valence-electron chi connectivity index (χ1n) is 8.17. The summed E-state index contributed by atoms with van der Waals surface area (Å²) >= 11 is 0. The van der Waals surface area contributed by atoms with Crippen LogP contribution in [0.15, 0.2) is 42.7 Å². The van der Waals surface area contributed by atoms with Gasteiger partial charge in [0, 0.05) is 37.7 Å². The highest BCUT2D eigenvalue weighted by Crippen LogP contribution is 2.27. The molecule has 23 heavy (non-hydrogen) atoms. The fraction of sp³-hybridized carbons (Fsp3) is 0.444. The zero-order valence-electron chi connectivity index (χ0n) is 13.4. The topological polar surface area (TPSA) is 58.4 Å². The van der Waals surface area contributed by atoms with Crippen LogP contribution < -0.4 is 0 Å². The van der Waals surface area contributed by atoms with Crippen LogP contribution in [0.2, 0.25) is 0 Å². The van der Waals surface area contributed by atoms with Crippen LogP contribution in [0.4, 0.5) is 0 Å². The molecule has 5 heteroatoms. The van der Waals surface area contributed by atoms with E-state index in [1.54, 1.807) is 10.9 Å². The van der Waals surface area contributed by atoms with Crippen molar-refractivity contribution in [3.05, 3.63) is 48.3 Å². The van der Waals surface area contributed by atoms with Crippen molar-refractivity contribution >= 4 is 5.91 Å². The molecule has 1 saturated carbocycles. The average molecular weight is 313 g/mol. The molecule has 0 spiro atoms. The Kier molecular flexibility index (Phi) is 4.76. The SMILES string of the molecule is CN(C(=O)c1ccc(-n2cccn2)cc1)C1CCC(CO)CC1. The van der Waals surface area contributed by atoms with Gasteiger partial charge >= 0.3 is 0 Å². The molecule has 0 unspecified atom stereocenters. The number of nitrogens with zero attached hydrogens (tertiary/aromatic N) is 3. The third kappa shape index (κ3) is 3.45. The number of aliphatic hydroxyl groups is 1. The predicted molar refractivity (Wildman–Crippen MR) is 88.5 cm³/mol. The summed E-state index contributed by atoms with van der Waals surface area (Å²) in [6, 6.07) is 9.68. The van der Waals surface area contributed by atoms with Gasteiger partial charge < -0.3 is 10.0 Å². The van der Waals surface area contributed by atoms with Crippen molar-refractivity contribution in [2.45, 2.75) is 31.7 Å². The zero-order chi connectivity index (χ0) is 16.2. The summed E-state index contributed by atoms with van der Waals surface area (Å²) in [5.41, 5.74) is 1.64. The maximum absolute atomic E-state index is 12.6. The third-order valence-corrected chi connectivity index (χ3v) is 4.83. The van der Waals surface area contributed by atoms with Gasteiger partial charge in [0.15, 0.2) is 0 Å². The Labute approximate surface area is 136 Å². The second-order valence-electron chi connectivity index (χ2n) is 6.27. The van der Waals surface area contributed by atoms with Crippen molar-refractivity contribution < 1.29 is 9.90 Å². The Morgan fingerprint density at radius 3 is 2.52 bits per heavy atom. The Balaban J connectivity index is 1.65. The van der Waals surface area contributed by atoms with Gasteiger partial charge in [0.2, 0.25) is 0 Å². The summed E-state index contributed by atoms with van der Waals surface area (Å²) in [7, 11) is 1.88. The van der Waals surface area contributed by atoms with Crippen LogP contribution in [-0.2, 0) is 0 Å². The molecule has 0 saturated heterocycles. The number of carbonyl (C=O) groups excluding carboxylic acids is 1. The molecule has 1 fully saturated rings. The number of hydrogen-bond acceptors (Lipinski definition) is 3. The van der Waals surface area contributed by atoms with Gasteiger partial charge in [-0.3, -0.25) is 4.79 Å². The van der Waals surface area contributed by atoms with E-state index in [9.17, 15) is 9.90 Å². The maximum Gasteiger partial charge on any atom is 0.253 e. The number of aliphatic hydroxyl groups excluding tert-OH is 1. The largest absolute Gasteiger partial charge is 0.396 e. The second kappa shape index (κ2) is 6.96. The molecule has 3 rings (SSSR count). The van der Waals surface area contributed by atoms with Crippen molar-refractivity contribution in [2.24, 2.45) is 5.92 Å². The number of amides is 1. The van der Waals surface area contributed by atoms with Gasteiger partial charge in [0.1, 0.15) is 0 Å². The number of aromatic nitrogens is 2. The minimum absolute atomic E-state index is 0.0597. The van der Waals surface area contributed by atoms with E-state index in [2.05, 4.69) is 5.10 Å². The molecular formula is C18H23N3O2. The monoisotopic (exact) mass is 313 g/mol. The maximum atomic E-state index is 12.6. The molecule has 2 aromatic rings. The van der Waals surface area contributed by atoms with E-state index in [0.29, 0.717) is 11.5 Å². The minimum atomic E-state index is 0.0597. The quantitative estimate of drug-likeness (QED) is 0.943. The molecule has 0 atom stereocenters. The van der Waals surface area contributed by atoms with Crippen molar-refractivity contribution in [3.63, 3.8) is 0 Å². The molecule has 0 radical (unpaired) electrons. The highest BCUT2D eigenvalue weighted by molar-refractivity contribution is 5.94. The first-order chi connectivity index (χ1) is 11.2. The molecule has 1 amide bonds. The fourth-order valence-electron chi connectivity index (χ4n) is 3.26. The normalized spacial score (nSPS) is 21.1. The number of rotatable bonds is 4. The summed E-state index contributed by atoms with van der Waals surface area (Å²) in [6.07, 6.45) is 7.55. The van der Waals surface area contributed by atoms with Gasteiger partial charge in [-0.15, -0.1) is 0 Å². The Hall–Kier alpha value is -2.14. The van der Waals surface area contributed by atoms with Gasteiger partial charge in [-0.1, -0.05) is 0 Å². The molecular weight excluding hydrogens is 290 g/mol. The van der Waals surface area contributed by atoms with E-state index in [4.69, 9.17) is 0 Å². The van der Waals surface area contributed by atoms with Gasteiger partial charge in [0.05, 0.1) is 5.69 Å². The zero-order valence-corrected chi connectivity index (χ0v) is 13.4. The van der Waals surface area contributed by atoms with Gasteiger partial charge in [-0.05, 0) is 61.9 Å². The predicted octanol–water partition coefficient (Wildman–Crippen LogP) is 2.50.